The SMILES string of the molecule is CCCC(=O)Nc1ccc(C(=O)COC(=O)c2ccc(OC[C@@H]3CCCO3)cc2)cc1. The van der Waals surface area contributed by atoms with Gasteiger partial charge in [0.15, 0.2) is 12.4 Å². The molecule has 0 saturated carbocycles. The minimum atomic E-state index is -0.581. The average molecular weight is 425 g/mol. The van der Waals surface area contributed by atoms with Crippen LogP contribution in [0.2, 0.25) is 0 Å². The summed E-state index contributed by atoms with van der Waals surface area (Å²) >= 11 is 0. The highest BCUT2D eigenvalue weighted by molar-refractivity contribution is 6.00. The molecule has 1 heterocycles. The predicted octanol–water partition coefficient (Wildman–Crippen LogP) is 4.02. The largest absolute Gasteiger partial charge is 0.491 e. The molecule has 1 fully saturated rings. The Balaban J connectivity index is 1.45. The first kappa shape index (κ1) is 22.5. The van der Waals surface area contributed by atoms with E-state index in [2.05, 4.69) is 5.32 Å². The fourth-order valence-electron chi connectivity index (χ4n) is 3.14. The van der Waals surface area contributed by atoms with E-state index < -0.39 is 5.97 Å². The molecule has 2 aromatic rings. The number of anilines is 1. The van der Waals surface area contributed by atoms with Gasteiger partial charge in [-0.15, -0.1) is 0 Å². The lowest BCUT2D eigenvalue weighted by Crippen LogP contribution is -2.16. The average Bonchev–Trinajstić information content (AvgIpc) is 3.30. The summed E-state index contributed by atoms with van der Waals surface area (Å²) in [5.41, 5.74) is 1.36. The van der Waals surface area contributed by atoms with Crippen molar-refractivity contribution in [2.45, 2.75) is 38.7 Å². The maximum atomic E-state index is 12.3. The fourth-order valence-corrected chi connectivity index (χ4v) is 3.14. The Morgan fingerprint density at radius 2 is 1.74 bits per heavy atom. The number of esters is 1. The molecule has 164 valence electrons. The lowest BCUT2D eigenvalue weighted by atomic mass is 10.1. The van der Waals surface area contributed by atoms with Crippen LogP contribution in [-0.2, 0) is 14.3 Å². The Morgan fingerprint density at radius 1 is 1.03 bits per heavy atom. The highest BCUT2D eigenvalue weighted by atomic mass is 16.5. The molecule has 1 saturated heterocycles. The number of hydrogen-bond acceptors (Lipinski definition) is 6. The smallest absolute Gasteiger partial charge is 0.338 e. The van der Waals surface area contributed by atoms with Crippen molar-refractivity contribution >= 4 is 23.3 Å². The number of rotatable bonds is 10. The highest BCUT2D eigenvalue weighted by Crippen LogP contribution is 2.17. The zero-order valence-electron chi connectivity index (χ0n) is 17.6. The van der Waals surface area contributed by atoms with Crippen molar-refractivity contribution in [3.8, 4) is 5.75 Å². The number of Topliss-reactive ketones (excluding diaryl/α,β-unsaturated/α-hetero) is 1. The first-order valence-corrected chi connectivity index (χ1v) is 10.5. The van der Waals surface area contributed by atoms with Crippen molar-refractivity contribution in [1.29, 1.82) is 0 Å². The molecule has 31 heavy (non-hydrogen) atoms. The molecule has 0 aromatic heterocycles. The van der Waals surface area contributed by atoms with Gasteiger partial charge in [-0.25, -0.2) is 4.79 Å². The minimum Gasteiger partial charge on any atom is -0.491 e. The van der Waals surface area contributed by atoms with E-state index in [-0.39, 0.29) is 24.4 Å². The van der Waals surface area contributed by atoms with Crippen molar-refractivity contribution < 1.29 is 28.6 Å². The number of nitrogens with one attached hydrogen (secondary N) is 1. The van der Waals surface area contributed by atoms with Crippen LogP contribution in [0.5, 0.6) is 5.75 Å². The summed E-state index contributed by atoms with van der Waals surface area (Å²) in [5, 5.41) is 2.76. The van der Waals surface area contributed by atoms with E-state index in [1.54, 1.807) is 48.5 Å². The Bertz CT molecular complexity index is 885. The van der Waals surface area contributed by atoms with E-state index in [4.69, 9.17) is 14.2 Å². The van der Waals surface area contributed by atoms with Gasteiger partial charge in [-0.2, -0.15) is 0 Å². The number of carbonyl (C=O) groups excluding carboxylic acids is 3. The molecule has 1 amide bonds. The van der Waals surface area contributed by atoms with Crippen LogP contribution in [0.3, 0.4) is 0 Å². The van der Waals surface area contributed by atoms with Gasteiger partial charge in [-0.3, -0.25) is 9.59 Å². The molecule has 1 N–H and O–H groups in total. The zero-order valence-corrected chi connectivity index (χ0v) is 17.6. The number of hydrogen-bond donors (Lipinski definition) is 1. The molecule has 0 bridgehead atoms. The van der Waals surface area contributed by atoms with E-state index in [1.807, 2.05) is 6.92 Å². The van der Waals surface area contributed by atoms with Crippen LogP contribution in [0.4, 0.5) is 5.69 Å². The van der Waals surface area contributed by atoms with Gasteiger partial charge in [-0.1, -0.05) is 6.92 Å². The molecule has 3 rings (SSSR count). The third-order valence-electron chi connectivity index (χ3n) is 4.85. The lowest BCUT2D eigenvalue weighted by molar-refractivity contribution is -0.116. The monoisotopic (exact) mass is 425 g/mol. The van der Waals surface area contributed by atoms with Gasteiger partial charge < -0.3 is 19.5 Å². The number of ether oxygens (including phenoxy) is 3. The second-order valence-electron chi connectivity index (χ2n) is 7.35. The van der Waals surface area contributed by atoms with Gasteiger partial charge in [0, 0.05) is 24.3 Å². The van der Waals surface area contributed by atoms with E-state index in [1.165, 1.54) is 0 Å². The van der Waals surface area contributed by atoms with Crippen LogP contribution in [0.1, 0.15) is 53.3 Å². The maximum Gasteiger partial charge on any atom is 0.338 e. The molecule has 0 spiro atoms. The normalized spacial score (nSPS) is 15.3. The summed E-state index contributed by atoms with van der Waals surface area (Å²) in [6.07, 6.45) is 3.38. The molecule has 7 heteroatoms. The standard InChI is InChI=1S/C24H27NO6/c1-2-4-23(27)25-19-10-6-17(7-11-19)22(26)16-31-24(28)18-8-12-20(13-9-18)30-15-21-5-3-14-29-21/h6-13,21H,2-5,14-16H2,1H3,(H,25,27)/t21-/m0/s1. The first-order valence-electron chi connectivity index (χ1n) is 10.5. The molecule has 0 unspecified atom stereocenters. The van der Waals surface area contributed by atoms with E-state index in [0.29, 0.717) is 35.6 Å². The molecule has 1 aliphatic rings. The van der Waals surface area contributed by atoms with Gasteiger partial charge in [0.25, 0.3) is 0 Å². The van der Waals surface area contributed by atoms with Crippen LogP contribution >= 0.6 is 0 Å². The van der Waals surface area contributed by atoms with Gasteiger partial charge in [0.2, 0.25) is 5.91 Å². The van der Waals surface area contributed by atoms with Crippen molar-refractivity contribution in [2.24, 2.45) is 0 Å². The summed E-state index contributed by atoms with van der Waals surface area (Å²) in [5.74, 6) is -0.327. The van der Waals surface area contributed by atoms with E-state index in [9.17, 15) is 14.4 Å². The second-order valence-corrected chi connectivity index (χ2v) is 7.35. The van der Waals surface area contributed by atoms with Crippen molar-refractivity contribution in [2.75, 3.05) is 25.1 Å². The zero-order chi connectivity index (χ0) is 22.1. The van der Waals surface area contributed by atoms with Crippen LogP contribution in [-0.4, -0.2) is 43.6 Å². The fraction of sp³-hybridized carbons (Fsp3) is 0.375. The summed E-state index contributed by atoms with van der Waals surface area (Å²) in [6.45, 7) is 2.83. The summed E-state index contributed by atoms with van der Waals surface area (Å²) < 4.78 is 16.3. The van der Waals surface area contributed by atoms with Gasteiger partial charge in [-0.05, 0) is 67.8 Å². The number of carbonyl (C=O) groups is 3. The minimum absolute atomic E-state index is 0.0706. The Kier molecular flexibility index (Phi) is 8.18. The Morgan fingerprint density at radius 3 is 2.39 bits per heavy atom. The van der Waals surface area contributed by atoms with Crippen LogP contribution in [0.15, 0.2) is 48.5 Å². The molecular formula is C24H27NO6. The highest BCUT2D eigenvalue weighted by Gasteiger charge is 2.16. The van der Waals surface area contributed by atoms with Crippen molar-refractivity contribution in [3.05, 3.63) is 59.7 Å². The van der Waals surface area contributed by atoms with Gasteiger partial charge in [0.1, 0.15) is 12.4 Å². The van der Waals surface area contributed by atoms with Crippen LogP contribution in [0.25, 0.3) is 0 Å². The summed E-state index contributed by atoms with van der Waals surface area (Å²) in [6, 6.07) is 13.1. The lowest BCUT2D eigenvalue weighted by Gasteiger charge is -2.11. The maximum absolute atomic E-state index is 12.3. The third-order valence-corrected chi connectivity index (χ3v) is 4.85. The molecule has 1 atom stereocenters. The third kappa shape index (κ3) is 6.93. The molecule has 7 nitrogen and oxygen atoms in total. The predicted molar refractivity (Wildman–Crippen MR) is 116 cm³/mol. The molecular weight excluding hydrogens is 398 g/mol. The van der Waals surface area contributed by atoms with Crippen LogP contribution in [0, 0.1) is 0 Å². The second kappa shape index (κ2) is 11.3. The number of benzene rings is 2. The van der Waals surface area contributed by atoms with Gasteiger partial charge in [0.05, 0.1) is 11.7 Å². The Hall–Kier alpha value is -3.19. The molecule has 1 aliphatic heterocycles. The summed E-state index contributed by atoms with van der Waals surface area (Å²) in [7, 11) is 0. The van der Waals surface area contributed by atoms with Crippen LogP contribution < -0.4 is 10.1 Å². The molecule has 2 aromatic carbocycles. The number of amides is 1. The molecule has 0 radical (unpaired) electrons. The van der Waals surface area contributed by atoms with E-state index in [0.717, 1.165) is 25.9 Å². The topological polar surface area (TPSA) is 90.9 Å². The van der Waals surface area contributed by atoms with E-state index >= 15 is 0 Å². The van der Waals surface area contributed by atoms with Crippen molar-refractivity contribution in [1.82, 2.24) is 0 Å². The Labute approximate surface area is 181 Å². The molecule has 0 aliphatic carbocycles. The quantitative estimate of drug-likeness (QED) is 0.457. The van der Waals surface area contributed by atoms with Gasteiger partial charge >= 0.3 is 5.97 Å². The van der Waals surface area contributed by atoms with Crippen molar-refractivity contribution in [3.63, 3.8) is 0 Å². The first-order chi connectivity index (χ1) is 15.0. The number of ketones is 1. The summed E-state index contributed by atoms with van der Waals surface area (Å²) in [4.78, 5) is 36.1.